The van der Waals surface area contributed by atoms with Crippen molar-refractivity contribution in [1.29, 1.82) is 0 Å². The van der Waals surface area contributed by atoms with Crippen LogP contribution in [0.4, 0.5) is 10.1 Å². The van der Waals surface area contributed by atoms with Gasteiger partial charge in [0.1, 0.15) is 5.82 Å². The average molecular weight is 314 g/mol. The largest absolute Gasteiger partial charge is 0.481 e. The lowest BCUT2D eigenvalue weighted by molar-refractivity contribution is -0.118. The van der Waals surface area contributed by atoms with Gasteiger partial charge in [0, 0.05) is 5.69 Å². The van der Waals surface area contributed by atoms with Crippen LogP contribution in [-0.4, -0.2) is 12.5 Å². The highest BCUT2D eigenvalue weighted by Crippen LogP contribution is 2.32. The molecule has 1 N–H and O–H groups in total. The quantitative estimate of drug-likeness (QED) is 0.920. The summed E-state index contributed by atoms with van der Waals surface area (Å²) in [6.07, 6.45) is 0. The predicted molar refractivity (Wildman–Crippen MR) is 77.0 cm³/mol. The molecule has 0 aliphatic heterocycles. The zero-order valence-electron chi connectivity index (χ0n) is 10.2. The zero-order valence-corrected chi connectivity index (χ0v) is 11.7. The van der Waals surface area contributed by atoms with Gasteiger partial charge in [0.2, 0.25) is 0 Å². The van der Waals surface area contributed by atoms with Crippen LogP contribution in [0.15, 0.2) is 42.5 Å². The van der Waals surface area contributed by atoms with Crippen LogP contribution < -0.4 is 10.1 Å². The Hall–Kier alpha value is -1.78. The molecule has 0 unspecified atom stereocenters. The van der Waals surface area contributed by atoms with E-state index in [0.29, 0.717) is 15.7 Å². The van der Waals surface area contributed by atoms with Crippen LogP contribution in [0.3, 0.4) is 0 Å². The Morgan fingerprint density at radius 1 is 1.10 bits per heavy atom. The molecule has 0 aliphatic carbocycles. The number of carbonyl (C=O) groups excluding carboxylic acids is 1. The molecule has 0 heterocycles. The molecule has 0 fully saturated rings. The monoisotopic (exact) mass is 313 g/mol. The first-order valence-corrected chi connectivity index (χ1v) is 6.44. The van der Waals surface area contributed by atoms with E-state index in [9.17, 15) is 9.18 Å². The molecule has 0 saturated heterocycles. The fraction of sp³-hybridized carbons (Fsp3) is 0.0714. The minimum Gasteiger partial charge on any atom is -0.481 e. The second-order valence-electron chi connectivity index (χ2n) is 3.89. The van der Waals surface area contributed by atoms with E-state index >= 15 is 0 Å². The fourth-order valence-electron chi connectivity index (χ4n) is 1.49. The van der Waals surface area contributed by atoms with E-state index in [1.54, 1.807) is 18.2 Å². The molecule has 0 radical (unpaired) electrons. The van der Waals surface area contributed by atoms with Crippen molar-refractivity contribution in [2.45, 2.75) is 0 Å². The molecule has 0 spiro atoms. The molecule has 104 valence electrons. The predicted octanol–water partition coefficient (Wildman–Crippen LogP) is 4.15. The van der Waals surface area contributed by atoms with Crippen molar-refractivity contribution in [3.05, 3.63) is 58.3 Å². The smallest absolute Gasteiger partial charge is 0.262 e. The van der Waals surface area contributed by atoms with E-state index in [2.05, 4.69) is 5.32 Å². The number of amides is 1. The van der Waals surface area contributed by atoms with E-state index in [0.717, 1.165) is 0 Å². The molecule has 1 amide bonds. The van der Waals surface area contributed by atoms with E-state index in [1.165, 1.54) is 24.3 Å². The number of halogens is 3. The summed E-state index contributed by atoms with van der Waals surface area (Å²) >= 11 is 11.8. The molecule has 0 saturated carbocycles. The summed E-state index contributed by atoms with van der Waals surface area (Å²) < 4.78 is 18.0. The summed E-state index contributed by atoms with van der Waals surface area (Å²) in [6.45, 7) is -0.249. The molecular weight excluding hydrogens is 304 g/mol. The molecule has 6 heteroatoms. The molecule has 20 heavy (non-hydrogen) atoms. The number of hydrogen-bond donors (Lipinski definition) is 1. The van der Waals surface area contributed by atoms with Crippen molar-refractivity contribution < 1.29 is 13.9 Å². The van der Waals surface area contributed by atoms with Crippen molar-refractivity contribution in [1.82, 2.24) is 0 Å². The Morgan fingerprint density at radius 2 is 1.70 bits per heavy atom. The molecule has 0 atom stereocenters. The Balaban J connectivity index is 1.94. The van der Waals surface area contributed by atoms with Gasteiger partial charge >= 0.3 is 0 Å². The third kappa shape index (κ3) is 3.85. The number of nitrogens with one attached hydrogen (secondary N) is 1. The number of ether oxygens (including phenoxy) is 1. The minimum atomic E-state index is -0.396. The third-order valence-corrected chi connectivity index (χ3v) is 2.99. The first-order chi connectivity index (χ1) is 9.56. The van der Waals surface area contributed by atoms with Crippen LogP contribution in [0.5, 0.6) is 5.75 Å². The summed E-state index contributed by atoms with van der Waals surface area (Å²) in [5, 5.41) is 3.21. The first-order valence-electron chi connectivity index (χ1n) is 5.68. The van der Waals surface area contributed by atoms with Gasteiger partial charge in [-0.3, -0.25) is 4.79 Å². The molecule has 3 nitrogen and oxygen atoms in total. The van der Waals surface area contributed by atoms with Gasteiger partial charge in [-0.1, -0.05) is 29.3 Å². The SMILES string of the molecule is O=C(COc1c(Cl)cccc1Cl)Nc1ccc(F)cc1. The number of hydrogen-bond acceptors (Lipinski definition) is 2. The summed E-state index contributed by atoms with van der Waals surface area (Å²) in [5.74, 6) is -0.514. The van der Waals surface area contributed by atoms with Crippen molar-refractivity contribution in [2.24, 2.45) is 0 Å². The Morgan fingerprint density at radius 3 is 2.30 bits per heavy atom. The highest BCUT2D eigenvalue weighted by molar-refractivity contribution is 6.37. The lowest BCUT2D eigenvalue weighted by Gasteiger charge is -2.10. The van der Waals surface area contributed by atoms with Gasteiger partial charge in [0.25, 0.3) is 5.91 Å². The molecule has 2 aromatic carbocycles. The molecule has 2 rings (SSSR count). The second-order valence-corrected chi connectivity index (χ2v) is 4.71. The topological polar surface area (TPSA) is 38.3 Å². The van der Waals surface area contributed by atoms with E-state index in [1.807, 2.05) is 0 Å². The summed E-state index contributed by atoms with van der Waals surface area (Å²) in [7, 11) is 0. The summed E-state index contributed by atoms with van der Waals surface area (Å²) in [6, 6.07) is 10.3. The maximum Gasteiger partial charge on any atom is 0.262 e. The maximum absolute atomic E-state index is 12.7. The van der Waals surface area contributed by atoms with Crippen LogP contribution in [-0.2, 0) is 4.79 Å². The second kappa shape index (κ2) is 6.59. The molecule has 0 aromatic heterocycles. The summed E-state index contributed by atoms with van der Waals surface area (Å²) in [5.41, 5.74) is 0.477. The van der Waals surface area contributed by atoms with Crippen molar-refractivity contribution in [3.63, 3.8) is 0 Å². The lowest BCUT2D eigenvalue weighted by atomic mass is 10.3. The minimum absolute atomic E-state index is 0.249. The number of anilines is 1. The van der Waals surface area contributed by atoms with Crippen LogP contribution in [0, 0.1) is 5.82 Å². The van der Waals surface area contributed by atoms with Gasteiger partial charge in [-0.25, -0.2) is 4.39 Å². The fourth-order valence-corrected chi connectivity index (χ4v) is 1.99. The zero-order chi connectivity index (χ0) is 14.5. The highest BCUT2D eigenvalue weighted by Gasteiger charge is 2.09. The van der Waals surface area contributed by atoms with Gasteiger partial charge in [0.05, 0.1) is 10.0 Å². The van der Waals surface area contributed by atoms with Crippen LogP contribution in [0.1, 0.15) is 0 Å². The Kier molecular flexibility index (Phi) is 4.82. The lowest BCUT2D eigenvalue weighted by Crippen LogP contribution is -2.20. The first kappa shape index (κ1) is 14.6. The van der Waals surface area contributed by atoms with Gasteiger partial charge in [-0.05, 0) is 36.4 Å². The van der Waals surface area contributed by atoms with E-state index in [-0.39, 0.29) is 18.2 Å². The van der Waals surface area contributed by atoms with Crippen molar-refractivity contribution >= 4 is 34.8 Å². The molecule has 0 bridgehead atoms. The number of para-hydroxylation sites is 1. The Bertz CT molecular complexity index is 597. The van der Waals surface area contributed by atoms with Crippen molar-refractivity contribution in [2.75, 3.05) is 11.9 Å². The van der Waals surface area contributed by atoms with E-state index in [4.69, 9.17) is 27.9 Å². The van der Waals surface area contributed by atoms with Crippen molar-refractivity contribution in [3.8, 4) is 5.75 Å². The molecular formula is C14H10Cl2FNO2. The number of carbonyl (C=O) groups is 1. The van der Waals surface area contributed by atoms with Gasteiger partial charge < -0.3 is 10.1 Å². The number of rotatable bonds is 4. The summed E-state index contributed by atoms with van der Waals surface area (Å²) in [4.78, 5) is 11.7. The standard InChI is InChI=1S/C14H10Cl2FNO2/c15-11-2-1-3-12(16)14(11)20-8-13(19)18-10-6-4-9(17)5-7-10/h1-7H,8H2,(H,18,19). The van der Waals surface area contributed by atoms with Crippen LogP contribution >= 0.6 is 23.2 Å². The van der Waals surface area contributed by atoms with Crippen LogP contribution in [0.25, 0.3) is 0 Å². The molecule has 0 aliphatic rings. The average Bonchev–Trinajstić information content (AvgIpc) is 2.41. The third-order valence-electron chi connectivity index (χ3n) is 2.39. The van der Waals surface area contributed by atoms with Gasteiger partial charge in [-0.15, -0.1) is 0 Å². The van der Waals surface area contributed by atoms with E-state index < -0.39 is 5.91 Å². The maximum atomic E-state index is 12.7. The number of benzene rings is 2. The van der Waals surface area contributed by atoms with Gasteiger partial charge in [0.15, 0.2) is 12.4 Å². The Labute approximate surface area is 125 Å². The van der Waals surface area contributed by atoms with Crippen LogP contribution in [0.2, 0.25) is 10.0 Å². The molecule has 2 aromatic rings. The normalized spacial score (nSPS) is 10.2. The highest BCUT2D eigenvalue weighted by atomic mass is 35.5. The van der Waals surface area contributed by atoms with Gasteiger partial charge in [-0.2, -0.15) is 0 Å².